The third-order valence-corrected chi connectivity index (χ3v) is 5.92. The summed E-state index contributed by atoms with van der Waals surface area (Å²) in [5.41, 5.74) is 1.86. The maximum atomic E-state index is 13.3. The summed E-state index contributed by atoms with van der Waals surface area (Å²) in [6.45, 7) is 4.43. The van der Waals surface area contributed by atoms with E-state index in [1.807, 2.05) is 35.2 Å². The number of benzene rings is 2. The highest BCUT2D eigenvalue weighted by molar-refractivity contribution is 5.91. The summed E-state index contributed by atoms with van der Waals surface area (Å²) in [5, 5.41) is 0. The number of hydrogen-bond acceptors (Lipinski definition) is 4. The third-order valence-electron chi connectivity index (χ3n) is 5.92. The number of carbonyl (C=O) groups is 2. The zero-order valence-electron chi connectivity index (χ0n) is 18.5. The fourth-order valence-corrected chi connectivity index (χ4v) is 3.98. The first-order valence-electron chi connectivity index (χ1n) is 11.2. The van der Waals surface area contributed by atoms with E-state index in [0.717, 1.165) is 24.2 Å². The summed E-state index contributed by atoms with van der Waals surface area (Å²) in [6, 6.07) is 19.4. The minimum atomic E-state index is -0.289. The Labute approximate surface area is 193 Å². The Morgan fingerprint density at radius 2 is 1.61 bits per heavy atom. The average Bonchev–Trinajstić information content (AvgIpc) is 3.38. The molecule has 0 saturated carbocycles. The zero-order chi connectivity index (χ0) is 23.0. The fourth-order valence-electron chi connectivity index (χ4n) is 3.98. The number of nitrogens with zero attached hydrogens (tertiary/aromatic N) is 3. The molecule has 0 aliphatic carbocycles. The van der Waals surface area contributed by atoms with Gasteiger partial charge in [-0.2, -0.15) is 0 Å². The maximum Gasteiger partial charge on any atom is 0.289 e. The molecule has 7 heteroatoms. The van der Waals surface area contributed by atoms with Crippen molar-refractivity contribution in [1.82, 2.24) is 14.7 Å². The predicted molar refractivity (Wildman–Crippen MR) is 123 cm³/mol. The molecule has 1 aliphatic heterocycles. The smallest absolute Gasteiger partial charge is 0.289 e. The van der Waals surface area contributed by atoms with Crippen molar-refractivity contribution in [3.05, 3.63) is 95.7 Å². The van der Waals surface area contributed by atoms with E-state index in [1.54, 1.807) is 29.2 Å². The van der Waals surface area contributed by atoms with E-state index in [2.05, 4.69) is 4.90 Å². The summed E-state index contributed by atoms with van der Waals surface area (Å²) < 4.78 is 18.5. The van der Waals surface area contributed by atoms with E-state index in [0.29, 0.717) is 44.9 Å². The summed E-state index contributed by atoms with van der Waals surface area (Å²) in [4.78, 5) is 31.5. The Kier molecular flexibility index (Phi) is 7.52. The molecule has 172 valence electrons. The normalized spacial score (nSPS) is 14.3. The molecule has 1 saturated heterocycles. The van der Waals surface area contributed by atoms with Crippen LogP contribution in [-0.2, 0) is 17.8 Å². The highest BCUT2D eigenvalue weighted by Gasteiger charge is 2.24. The van der Waals surface area contributed by atoms with Crippen molar-refractivity contribution < 1.29 is 18.4 Å². The molecular weight excluding hydrogens is 421 g/mol. The van der Waals surface area contributed by atoms with E-state index in [9.17, 15) is 14.0 Å². The van der Waals surface area contributed by atoms with Gasteiger partial charge in [0.25, 0.3) is 5.91 Å². The van der Waals surface area contributed by atoms with Crippen LogP contribution in [-0.4, -0.2) is 65.8 Å². The van der Waals surface area contributed by atoms with Crippen molar-refractivity contribution >= 4 is 11.8 Å². The van der Waals surface area contributed by atoms with E-state index in [4.69, 9.17) is 4.42 Å². The van der Waals surface area contributed by atoms with Gasteiger partial charge >= 0.3 is 0 Å². The summed E-state index contributed by atoms with van der Waals surface area (Å²) >= 11 is 0. The number of halogens is 1. The lowest BCUT2D eigenvalue weighted by Gasteiger charge is -2.35. The quantitative estimate of drug-likeness (QED) is 0.529. The first-order valence-corrected chi connectivity index (χ1v) is 11.2. The molecule has 2 aromatic carbocycles. The molecule has 33 heavy (non-hydrogen) atoms. The lowest BCUT2D eigenvalue weighted by atomic mass is 10.1. The van der Waals surface area contributed by atoms with Crippen LogP contribution in [0.2, 0.25) is 0 Å². The Morgan fingerprint density at radius 1 is 0.879 bits per heavy atom. The lowest BCUT2D eigenvalue weighted by molar-refractivity contribution is -0.131. The van der Waals surface area contributed by atoms with E-state index in [-0.39, 0.29) is 17.6 Å². The van der Waals surface area contributed by atoms with Crippen molar-refractivity contribution in [3.8, 4) is 0 Å². The van der Waals surface area contributed by atoms with E-state index >= 15 is 0 Å². The van der Waals surface area contributed by atoms with Crippen molar-refractivity contribution in [2.75, 3.05) is 39.3 Å². The van der Waals surface area contributed by atoms with Crippen molar-refractivity contribution in [2.45, 2.75) is 13.0 Å². The Hall–Kier alpha value is -3.45. The molecule has 4 rings (SSSR count). The molecule has 0 unspecified atom stereocenters. The van der Waals surface area contributed by atoms with Gasteiger partial charge in [-0.15, -0.1) is 0 Å². The van der Waals surface area contributed by atoms with Crippen molar-refractivity contribution in [2.24, 2.45) is 0 Å². The Balaban J connectivity index is 1.34. The van der Waals surface area contributed by atoms with Crippen LogP contribution in [0.25, 0.3) is 0 Å². The highest BCUT2D eigenvalue weighted by atomic mass is 19.1. The second kappa shape index (κ2) is 10.9. The molecule has 2 heterocycles. The third kappa shape index (κ3) is 6.29. The number of amides is 2. The highest BCUT2D eigenvalue weighted by Crippen LogP contribution is 2.12. The van der Waals surface area contributed by atoms with Crippen LogP contribution >= 0.6 is 0 Å². The number of piperazine rings is 1. The second-order valence-corrected chi connectivity index (χ2v) is 8.22. The number of hydrogen-bond donors (Lipinski definition) is 0. The first-order chi connectivity index (χ1) is 16.1. The second-order valence-electron chi connectivity index (χ2n) is 8.22. The van der Waals surface area contributed by atoms with E-state index in [1.165, 1.54) is 18.4 Å². The van der Waals surface area contributed by atoms with Gasteiger partial charge in [0.15, 0.2) is 5.76 Å². The zero-order valence-corrected chi connectivity index (χ0v) is 18.5. The van der Waals surface area contributed by atoms with Gasteiger partial charge in [0.1, 0.15) is 5.82 Å². The van der Waals surface area contributed by atoms with Crippen LogP contribution in [0.1, 0.15) is 21.7 Å². The predicted octanol–water partition coefficient (Wildman–Crippen LogP) is 3.45. The van der Waals surface area contributed by atoms with Crippen LogP contribution in [0.15, 0.2) is 77.4 Å². The van der Waals surface area contributed by atoms with Gasteiger partial charge in [-0.3, -0.25) is 14.5 Å². The molecule has 0 N–H and O–H groups in total. The van der Waals surface area contributed by atoms with Gasteiger partial charge in [0.05, 0.1) is 12.7 Å². The largest absolute Gasteiger partial charge is 0.459 e. The maximum absolute atomic E-state index is 13.3. The monoisotopic (exact) mass is 449 g/mol. The Morgan fingerprint density at radius 3 is 2.27 bits per heavy atom. The number of rotatable bonds is 8. The minimum Gasteiger partial charge on any atom is -0.459 e. The van der Waals surface area contributed by atoms with Crippen molar-refractivity contribution in [1.29, 1.82) is 0 Å². The molecule has 6 nitrogen and oxygen atoms in total. The molecule has 0 atom stereocenters. The van der Waals surface area contributed by atoms with Crippen LogP contribution < -0.4 is 0 Å². The molecule has 0 spiro atoms. The summed E-state index contributed by atoms with van der Waals surface area (Å²) in [6.07, 6.45) is 1.83. The first kappa shape index (κ1) is 22.7. The minimum absolute atomic E-state index is 0.0390. The van der Waals surface area contributed by atoms with Crippen LogP contribution in [0.3, 0.4) is 0 Å². The molecule has 3 aromatic rings. The summed E-state index contributed by atoms with van der Waals surface area (Å²) in [7, 11) is 0. The Bertz CT molecular complexity index is 1030. The SMILES string of the molecule is O=C(Cc1ccccc1)N(CCN1CCN(C(=O)c2ccco2)CC1)Cc1ccc(F)cc1. The summed E-state index contributed by atoms with van der Waals surface area (Å²) in [5.74, 6) is 0.0242. The van der Waals surface area contributed by atoms with Crippen LogP contribution in [0.4, 0.5) is 4.39 Å². The van der Waals surface area contributed by atoms with Gasteiger partial charge in [0.2, 0.25) is 5.91 Å². The van der Waals surface area contributed by atoms with E-state index < -0.39 is 0 Å². The molecule has 0 bridgehead atoms. The number of carbonyl (C=O) groups excluding carboxylic acids is 2. The van der Waals surface area contributed by atoms with Crippen molar-refractivity contribution in [3.63, 3.8) is 0 Å². The molecule has 1 fully saturated rings. The topological polar surface area (TPSA) is 57.0 Å². The fraction of sp³-hybridized carbons (Fsp3) is 0.308. The standard InChI is InChI=1S/C26H28FN3O3/c27-23-10-8-22(9-11-23)20-30(25(31)19-21-5-2-1-3-6-21)17-14-28-12-15-29(16-13-28)26(32)24-7-4-18-33-24/h1-11,18H,12-17,19-20H2. The number of furan rings is 1. The average molecular weight is 450 g/mol. The van der Waals surface area contributed by atoms with Gasteiger partial charge in [-0.25, -0.2) is 4.39 Å². The molecule has 1 aromatic heterocycles. The van der Waals surface area contributed by atoms with Crippen LogP contribution in [0, 0.1) is 5.82 Å². The van der Waals surface area contributed by atoms with Gasteiger partial charge < -0.3 is 14.2 Å². The van der Waals surface area contributed by atoms with Crippen LogP contribution in [0.5, 0.6) is 0 Å². The molecule has 1 aliphatic rings. The van der Waals surface area contributed by atoms with Gasteiger partial charge in [0, 0.05) is 45.8 Å². The molecular formula is C26H28FN3O3. The molecule has 2 amide bonds. The van der Waals surface area contributed by atoms with Gasteiger partial charge in [-0.05, 0) is 35.4 Å². The molecule has 0 radical (unpaired) electrons. The van der Waals surface area contributed by atoms with Gasteiger partial charge in [-0.1, -0.05) is 42.5 Å². The lowest BCUT2D eigenvalue weighted by Crippen LogP contribution is -2.50.